The van der Waals surface area contributed by atoms with E-state index in [-0.39, 0.29) is 5.54 Å². The van der Waals surface area contributed by atoms with E-state index in [4.69, 9.17) is 0 Å². The number of benzene rings is 1. The van der Waals surface area contributed by atoms with Crippen molar-refractivity contribution in [2.45, 2.75) is 26.3 Å². The van der Waals surface area contributed by atoms with Gasteiger partial charge in [-0.3, -0.25) is 9.67 Å². The topological polar surface area (TPSA) is 30.7 Å². The Morgan fingerprint density at radius 3 is 2.58 bits per heavy atom. The van der Waals surface area contributed by atoms with Gasteiger partial charge in [0.25, 0.3) is 0 Å². The highest BCUT2D eigenvalue weighted by atomic mass is 15.3. The zero-order valence-corrected chi connectivity index (χ0v) is 11.5. The van der Waals surface area contributed by atoms with Crippen LogP contribution in [0.4, 0.5) is 0 Å². The Morgan fingerprint density at radius 1 is 1.05 bits per heavy atom. The molecule has 0 saturated carbocycles. The van der Waals surface area contributed by atoms with Gasteiger partial charge < -0.3 is 0 Å². The van der Waals surface area contributed by atoms with E-state index >= 15 is 0 Å². The number of nitrogens with zero attached hydrogens (tertiary/aromatic N) is 3. The minimum Gasteiger partial charge on any atom is -0.267 e. The maximum Gasteiger partial charge on any atom is 0.0708 e. The van der Waals surface area contributed by atoms with E-state index in [1.165, 1.54) is 10.9 Å². The van der Waals surface area contributed by atoms with E-state index in [1.54, 1.807) is 0 Å². The smallest absolute Gasteiger partial charge is 0.0708 e. The summed E-state index contributed by atoms with van der Waals surface area (Å²) in [5.41, 5.74) is 3.33. The number of aromatic nitrogens is 3. The molecule has 96 valence electrons. The number of hydrogen-bond donors (Lipinski definition) is 0. The summed E-state index contributed by atoms with van der Waals surface area (Å²) in [6.07, 6.45) is 5.88. The SMILES string of the molecule is CC(C)(C)n1cc(-c2ccnc3ccccc23)cn1. The first-order valence-electron chi connectivity index (χ1n) is 6.45. The lowest BCUT2D eigenvalue weighted by Gasteiger charge is -2.18. The van der Waals surface area contributed by atoms with Gasteiger partial charge in [-0.1, -0.05) is 18.2 Å². The predicted molar refractivity (Wildman–Crippen MR) is 78.0 cm³/mol. The van der Waals surface area contributed by atoms with E-state index in [9.17, 15) is 0 Å². The van der Waals surface area contributed by atoms with Gasteiger partial charge in [0.2, 0.25) is 0 Å². The van der Waals surface area contributed by atoms with E-state index < -0.39 is 0 Å². The van der Waals surface area contributed by atoms with Gasteiger partial charge in [0.05, 0.1) is 17.3 Å². The van der Waals surface area contributed by atoms with E-state index in [2.05, 4.69) is 43.1 Å². The van der Waals surface area contributed by atoms with Crippen LogP contribution in [0, 0.1) is 0 Å². The number of hydrogen-bond acceptors (Lipinski definition) is 2. The molecule has 3 heteroatoms. The summed E-state index contributed by atoms with van der Waals surface area (Å²) in [5.74, 6) is 0. The molecule has 3 nitrogen and oxygen atoms in total. The normalized spacial score (nSPS) is 11.9. The molecule has 0 aliphatic carbocycles. The van der Waals surface area contributed by atoms with Gasteiger partial charge in [-0.05, 0) is 38.5 Å². The van der Waals surface area contributed by atoms with Crippen molar-refractivity contribution in [2.75, 3.05) is 0 Å². The summed E-state index contributed by atoms with van der Waals surface area (Å²) < 4.78 is 2.00. The molecule has 0 aliphatic rings. The molecule has 1 aromatic carbocycles. The molecule has 0 N–H and O–H groups in total. The monoisotopic (exact) mass is 251 g/mol. The number of pyridine rings is 1. The van der Waals surface area contributed by atoms with Crippen molar-refractivity contribution < 1.29 is 0 Å². The standard InChI is InChI=1S/C16H17N3/c1-16(2,3)19-11-12(10-18-19)13-8-9-17-15-7-5-4-6-14(13)15/h4-11H,1-3H3. The van der Waals surface area contributed by atoms with E-state index in [1.807, 2.05) is 41.3 Å². The third kappa shape index (κ3) is 2.12. The minimum absolute atomic E-state index is 0.00108. The fraction of sp³-hybridized carbons (Fsp3) is 0.250. The molecule has 19 heavy (non-hydrogen) atoms. The summed E-state index contributed by atoms with van der Waals surface area (Å²) in [6, 6.07) is 10.2. The molecule has 0 saturated heterocycles. The summed E-state index contributed by atoms with van der Waals surface area (Å²) in [6.45, 7) is 6.44. The van der Waals surface area contributed by atoms with Crippen LogP contribution in [-0.2, 0) is 5.54 Å². The molecule has 2 aromatic heterocycles. The molecule has 3 aromatic rings. The highest BCUT2D eigenvalue weighted by molar-refractivity contribution is 5.93. The molecule has 0 atom stereocenters. The van der Waals surface area contributed by atoms with E-state index in [0.717, 1.165) is 11.1 Å². The molecule has 0 spiro atoms. The second kappa shape index (κ2) is 4.19. The molecule has 0 unspecified atom stereocenters. The summed E-state index contributed by atoms with van der Waals surface area (Å²) in [7, 11) is 0. The van der Waals surface area contributed by atoms with Crippen molar-refractivity contribution in [3.63, 3.8) is 0 Å². The summed E-state index contributed by atoms with van der Waals surface area (Å²) in [5, 5.41) is 5.63. The van der Waals surface area contributed by atoms with Crippen molar-refractivity contribution in [1.82, 2.24) is 14.8 Å². The van der Waals surface area contributed by atoms with Gasteiger partial charge in [-0.15, -0.1) is 0 Å². The van der Waals surface area contributed by atoms with Gasteiger partial charge in [0.15, 0.2) is 0 Å². The maximum atomic E-state index is 4.47. The Hall–Kier alpha value is -2.16. The average molecular weight is 251 g/mol. The molecule has 0 fully saturated rings. The van der Waals surface area contributed by atoms with Crippen LogP contribution < -0.4 is 0 Å². The van der Waals surface area contributed by atoms with Gasteiger partial charge in [0, 0.05) is 23.3 Å². The van der Waals surface area contributed by atoms with Crippen molar-refractivity contribution >= 4 is 10.9 Å². The number of fused-ring (bicyclic) bond motifs is 1. The summed E-state index contributed by atoms with van der Waals surface area (Å²) >= 11 is 0. The van der Waals surface area contributed by atoms with Crippen LogP contribution in [0.1, 0.15) is 20.8 Å². The van der Waals surface area contributed by atoms with Crippen molar-refractivity contribution in [3.8, 4) is 11.1 Å². The van der Waals surface area contributed by atoms with Gasteiger partial charge >= 0.3 is 0 Å². The van der Waals surface area contributed by atoms with Crippen molar-refractivity contribution in [1.29, 1.82) is 0 Å². The maximum absolute atomic E-state index is 4.47. The van der Waals surface area contributed by atoms with E-state index in [0.29, 0.717) is 0 Å². The van der Waals surface area contributed by atoms with Gasteiger partial charge in [0.1, 0.15) is 0 Å². The lowest BCUT2D eigenvalue weighted by atomic mass is 10.0. The zero-order valence-electron chi connectivity index (χ0n) is 11.5. The van der Waals surface area contributed by atoms with Crippen molar-refractivity contribution in [2.24, 2.45) is 0 Å². The van der Waals surface area contributed by atoms with Crippen LogP contribution in [-0.4, -0.2) is 14.8 Å². The number of para-hydroxylation sites is 1. The van der Waals surface area contributed by atoms with Crippen molar-refractivity contribution in [3.05, 3.63) is 48.9 Å². The second-order valence-electron chi connectivity index (χ2n) is 5.72. The first kappa shape index (κ1) is 11.9. The van der Waals surface area contributed by atoms with Gasteiger partial charge in [-0.2, -0.15) is 5.10 Å². The third-order valence-electron chi connectivity index (χ3n) is 3.23. The van der Waals surface area contributed by atoms with Crippen LogP contribution in [0.15, 0.2) is 48.9 Å². The Labute approximate surface area is 112 Å². The lowest BCUT2D eigenvalue weighted by Crippen LogP contribution is -2.21. The summed E-state index contributed by atoms with van der Waals surface area (Å²) in [4.78, 5) is 4.40. The third-order valence-corrected chi connectivity index (χ3v) is 3.23. The largest absolute Gasteiger partial charge is 0.267 e. The Kier molecular flexibility index (Phi) is 2.63. The van der Waals surface area contributed by atoms with Gasteiger partial charge in [-0.25, -0.2) is 0 Å². The molecule has 2 heterocycles. The average Bonchev–Trinajstić information content (AvgIpc) is 2.87. The number of rotatable bonds is 1. The molecule has 0 amide bonds. The Bertz CT molecular complexity index is 715. The highest BCUT2D eigenvalue weighted by Crippen LogP contribution is 2.28. The predicted octanol–water partition coefficient (Wildman–Crippen LogP) is 3.85. The zero-order chi connectivity index (χ0) is 13.5. The lowest BCUT2D eigenvalue weighted by molar-refractivity contribution is 0.355. The van der Waals surface area contributed by atoms with Crippen LogP contribution in [0.3, 0.4) is 0 Å². The Balaban J connectivity index is 2.17. The Morgan fingerprint density at radius 2 is 1.84 bits per heavy atom. The molecule has 0 radical (unpaired) electrons. The first-order valence-corrected chi connectivity index (χ1v) is 6.45. The van der Waals surface area contributed by atoms with Crippen LogP contribution in [0.2, 0.25) is 0 Å². The van der Waals surface area contributed by atoms with Crippen LogP contribution in [0.25, 0.3) is 22.0 Å². The molecular weight excluding hydrogens is 234 g/mol. The quantitative estimate of drug-likeness (QED) is 0.657. The minimum atomic E-state index is 0.00108. The molecule has 3 rings (SSSR count). The fourth-order valence-electron chi connectivity index (χ4n) is 2.18. The highest BCUT2D eigenvalue weighted by Gasteiger charge is 2.15. The molecular formula is C16H17N3. The fourth-order valence-corrected chi connectivity index (χ4v) is 2.18. The van der Waals surface area contributed by atoms with Crippen LogP contribution in [0.5, 0.6) is 0 Å². The second-order valence-corrected chi connectivity index (χ2v) is 5.72. The van der Waals surface area contributed by atoms with Crippen LogP contribution >= 0.6 is 0 Å². The first-order chi connectivity index (χ1) is 9.05. The molecule has 0 bridgehead atoms. The molecule has 0 aliphatic heterocycles.